The first-order valence-corrected chi connectivity index (χ1v) is 18.4. The van der Waals surface area contributed by atoms with Gasteiger partial charge in [-0.05, 0) is 100 Å². The van der Waals surface area contributed by atoms with Gasteiger partial charge in [-0.1, -0.05) is 6.07 Å². The molecule has 12 heteroatoms. The van der Waals surface area contributed by atoms with Gasteiger partial charge in [0.2, 0.25) is 10.0 Å². The van der Waals surface area contributed by atoms with Crippen molar-refractivity contribution in [3.63, 3.8) is 0 Å². The van der Waals surface area contributed by atoms with Crippen LogP contribution in [0.25, 0.3) is 11.3 Å². The second-order valence-corrected chi connectivity index (χ2v) is 15.8. The molecule has 0 atom stereocenters. The number of nitrogens with zero attached hydrogens (tertiary/aromatic N) is 5. The summed E-state index contributed by atoms with van der Waals surface area (Å²) in [6, 6.07) is 7.98. The highest BCUT2D eigenvalue weighted by Gasteiger charge is 2.46. The quantitative estimate of drug-likeness (QED) is 0.356. The van der Waals surface area contributed by atoms with Crippen LogP contribution in [-0.4, -0.2) is 72.9 Å². The number of halogens is 1. The molecule has 0 unspecified atom stereocenters. The van der Waals surface area contributed by atoms with Crippen LogP contribution in [-0.2, 0) is 17.1 Å². The maximum Gasteiger partial charge on any atom is 0.250 e. The van der Waals surface area contributed by atoms with Crippen molar-refractivity contribution in [1.29, 1.82) is 0 Å². The van der Waals surface area contributed by atoms with Gasteiger partial charge in [-0.3, -0.25) is 4.79 Å². The van der Waals surface area contributed by atoms with E-state index in [2.05, 4.69) is 24.5 Å². The number of rotatable bonds is 9. The topological polar surface area (TPSA) is 110 Å². The molecule has 0 bridgehead atoms. The Hall–Kier alpha value is -3.35. The Morgan fingerprint density at radius 1 is 1.02 bits per heavy atom. The average molecular weight is 651 g/mol. The summed E-state index contributed by atoms with van der Waals surface area (Å²) in [5.41, 5.74) is 2.37. The van der Waals surface area contributed by atoms with Crippen molar-refractivity contribution in [2.45, 2.75) is 63.3 Å². The summed E-state index contributed by atoms with van der Waals surface area (Å²) in [6.45, 7) is 5.02. The van der Waals surface area contributed by atoms with E-state index in [4.69, 9.17) is 4.74 Å². The maximum absolute atomic E-state index is 14.7. The van der Waals surface area contributed by atoms with E-state index in [1.807, 2.05) is 6.07 Å². The number of anilines is 1. The van der Waals surface area contributed by atoms with Crippen LogP contribution in [0.1, 0.15) is 62.8 Å². The number of piperidine rings is 1. The predicted octanol–water partition coefficient (Wildman–Crippen LogP) is 4.66. The van der Waals surface area contributed by atoms with Crippen LogP contribution < -0.4 is 19.9 Å². The summed E-state index contributed by atoms with van der Waals surface area (Å²) in [4.78, 5) is 26.3. The van der Waals surface area contributed by atoms with Crippen molar-refractivity contribution in [3.05, 3.63) is 64.6 Å². The van der Waals surface area contributed by atoms with E-state index >= 15 is 0 Å². The van der Waals surface area contributed by atoms with Gasteiger partial charge in [0.1, 0.15) is 17.9 Å². The standard InChI is InChI=1S/C34H43FN6O4S/c1-39-31(42)12-10-27(24-5-6-24)32(39)28-17-25(35)7-11-29(28)45-30-18-36-22-37-33(30)41-20-34(21-41)13-15-40(16-14-34)19-23-3-8-26(9-4-23)38-46(2,43)44/h7,10-12,17-18,22-24,26,38H,3-6,8-9,13-16,19-21H2,1-2H3. The predicted molar refractivity (Wildman–Crippen MR) is 175 cm³/mol. The van der Waals surface area contributed by atoms with Crippen LogP contribution in [0.15, 0.2) is 47.7 Å². The fraction of sp³-hybridized carbons (Fsp3) is 0.559. The molecule has 4 fully saturated rings. The van der Waals surface area contributed by atoms with Crippen molar-refractivity contribution in [2.24, 2.45) is 18.4 Å². The summed E-state index contributed by atoms with van der Waals surface area (Å²) in [5, 5.41) is 0. The number of sulfonamides is 1. The van der Waals surface area contributed by atoms with Crippen LogP contribution in [0, 0.1) is 17.2 Å². The molecule has 2 aliphatic heterocycles. The molecule has 0 amide bonds. The zero-order valence-corrected chi connectivity index (χ0v) is 27.4. The van der Waals surface area contributed by atoms with E-state index in [1.165, 1.54) is 24.7 Å². The molecule has 2 aromatic heterocycles. The number of ether oxygens (including phenoxy) is 1. The fourth-order valence-electron chi connectivity index (χ4n) is 7.80. The normalized spacial score (nSPS) is 23.3. The highest BCUT2D eigenvalue weighted by Crippen LogP contribution is 2.48. The van der Waals surface area contributed by atoms with Crippen molar-refractivity contribution in [2.75, 3.05) is 43.9 Å². The van der Waals surface area contributed by atoms with E-state index < -0.39 is 15.8 Å². The minimum absolute atomic E-state index is 0.0781. The van der Waals surface area contributed by atoms with Crippen LogP contribution in [0.2, 0.25) is 0 Å². The molecule has 1 spiro atoms. The molecule has 7 rings (SSSR count). The summed E-state index contributed by atoms with van der Waals surface area (Å²) >= 11 is 0. The SMILES string of the molecule is Cn1c(-c2cc(F)ccc2Oc2cncnc2N2CC3(CCN(CC4CCC(NS(C)(=O)=O)CC4)CC3)C2)c(C2CC2)ccc1=O. The first-order chi connectivity index (χ1) is 22.1. The molecule has 1 aromatic carbocycles. The average Bonchev–Trinajstić information content (AvgIpc) is 3.85. The Balaban J connectivity index is 1.00. The summed E-state index contributed by atoms with van der Waals surface area (Å²) in [6.07, 6.45) is 12.8. The number of nitrogens with one attached hydrogen (secondary N) is 1. The Morgan fingerprint density at radius 2 is 1.76 bits per heavy atom. The first-order valence-electron chi connectivity index (χ1n) is 16.5. The number of pyridine rings is 1. The molecular weight excluding hydrogens is 607 g/mol. The molecule has 0 radical (unpaired) electrons. The van der Waals surface area contributed by atoms with Gasteiger partial charge in [0, 0.05) is 49.8 Å². The Morgan fingerprint density at radius 3 is 2.46 bits per heavy atom. The molecule has 246 valence electrons. The van der Waals surface area contributed by atoms with Crippen molar-refractivity contribution in [3.8, 4) is 22.8 Å². The lowest BCUT2D eigenvalue weighted by Gasteiger charge is -2.54. The van der Waals surface area contributed by atoms with E-state index in [0.717, 1.165) is 95.5 Å². The lowest BCUT2D eigenvalue weighted by atomic mass is 9.71. The largest absolute Gasteiger partial charge is 0.451 e. The van der Waals surface area contributed by atoms with Crippen LogP contribution in [0.4, 0.5) is 10.2 Å². The molecule has 2 saturated heterocycles. The number of hydrogen-bond donors (Lipinski definition) is 1. The third-order valence-electron chi connectivity index (χ3n) is 10.5. The van der Waals surface area contributed by atoms with E-state index in [1.54, 1.807) is 29.9 Å². The third kappa shape index (κ3) is 6.70. The smallest absolute Gasteiger partial charge is 0.250 e. The fourth-order valence-corrected chi connectivity index (χ4v) is 8.64. The molecule has 4 aliphatic rings. The van der Waals surface area contributed by atoms with Crippen LogP contribution in [0.5, 0.6) is 11.5 Å². The van der Waals surface area contributed by atoms with Gasteiger partial charge in [-0.15, -0.1) is 0 Å². The third-order valence-corrected chi connectivity index (χ3v) is 11.2. The Labute approximate surface area is 270 Å². The van der Waals surface area contributed by atoms with Crippen LogP contribution >= 0.6 is 0 Å². The molecule has 2 aliphatic carbocycles. The minimum Gasteiger partial charge on any atom is -0.451 e. The molecular formula is C34H43FN6O4S. The lowest BCUT2D eigenvalue weighted by Crippen LogP contribution is -2.61. The second-order valence-electron chi connectivity index (χ2n) is 14.0. The summed E-state index contributed by atoms with van der Waals surface area (Å²) < 4.78 is 48.7. The summed E-state index contributed by atoms with van der Waals surface area (Å²) in [7, 11) is -1.42. The monoisotopic (exact) mass is 650 g/mol. The molecule has 2 saturated carbocycles. The number of likely N-dealkylation sites (tertiary alicyclic amines) is 1. The van der Waals surface area contributed by atoms with Gasteiger partial charge in [-0.2, -0.15) is 0 Å². The second kappa shape index (κ2) is 12.4. The van der Waals surface area contributed by atoms with Gasteiger partial charge in [0.15, 0.2) is 11.6 Å². The maximum atomic E-state index is 14.7. The molecule has 1 N–H and O–H groups in total. The lowest BCUT2D eigenvalue weighted by molar-refractivity contribution is 0.0618. The van der Waals surface area contributed by atoms with Crippen LogP contribution in [0.3, 0.4) is 0 Å². The molecule has 46 heavy (non-hydrogen) atoms. The van der Waals surface area contributed by atoms with Gasteiger partial charge in [-0.25, -0.2) is 27.5 Å². The van der Waals surface area contributed by atoms with E-state index in [9.17, 15) is 17.6 Å². The van der Waals surface area contributed by atoms with Gasteiger partial charge >= 0.3 is 0 Å². The van der Waals surface area contributed by atoms with E-state index in [-0.39, 0.29) is 17.0 Å². The highest BCUT2D eigenvalue weighted by molar-refractivity contribution is 7.88. The van der Waals surface area contributed by atoms with Crippen molar-refractivity contribution in [1.82, 2.24) is 24.2 Å². The minimum atomic E-state index is -3.15. The van der Waals surface area contributed by atoms with Crippen molar-refractivity contribution < 1.29 is 17.5 Å². The molecule has 4 heterocycles. The van der Waals surface area contributed by atoms with Gasteiger partial charge < -0.3 is 19.1 Å². The summed E-state index contributed by atoms with van der Waals surface area (Å²) in [5.74, 6) is 2.29. The van der Waals surface area contributed by atoms with Crippen molar-refractivity contribution >= 4 is 15.8 Å². The zero-order valence-electron chi connectivity index (χ0n) is 26.6. The Kier molecular flexibility index (Phi) is 8.39. The van der Waals surface area contributed by atoms with Gasteiger partial charge in [0.05, 0.1) is 18.1 Å². The number of hydrogen-bond acceptors (Lipinski definition) is 8. The molecule has 3 aromatic rings. The zero-order chi connectivity index (χ0) is 32.1. The Bertz CT molecular complexity index is 1750. The highest BCUT2D eigenvalue weighted by atomic mass is 32.2. The number of benzene rings is 1. The molecule has 10 nitrogen and oxygen atoms in total. The van der Waals surface area contributed by atoms with E-state index in [0.29, 0.717) is 34.6 Å². The number of aromatic nitrogens is 3. The van der Waals surface area contributed by atoms with Gasteiger partial charge in [0.25, 0.3) is 5.56 Å². The first kappa shape index (κ1) is 31.3.